The lowest BCUT2D eigenvalue weighted by Crippen LogP contribution is -1.98. The lowest BCUT2D eigenvalue weighted by atomic mass is 10.1. The molecule has 0 unspecified atom stereocenters. The smallest absolute Gasteiger partial charge is 0.213 e. The van der Waals surface area contributed by atoms with E-state index in [1.165, 1.54) is 12.3 Å². The van der Waals surface area contributed by atoms with Gasteiger partial charge in [-0.3, -0.25) is 0 Å². The molecule has 0 saturated heterocycles. The van der Waals surface area contributed by atoms with Gasteiger partial charge in [0.1, 0.15) is 11.4 Å². The minimum absolute atomic E-state index is 0.521. The minimum Gasteiger partial charge on any atom is -0.228 e. The largest absolute Gasteiger partial charge is 0.228 e. The molecule has 2 aromatic heterocycles. The molecule has 0 aliphatic carbocycles. The third-order valence-electron chi connectivity index (χ3n) is 2.99. The van der Waals surface area contributed by atoms with Crippen LogP contribution in [-0.4, -0.2) is 20.0 Å². The van der Waals surface area contributed by atoms with E-state index in [9.17, 15) is 4.39 Å². The van der Waals surface area contributed by atoms with E-state index in [1.807, 2.05) is 37.3 Å². The lowest BCUT2D eigenvalue weighted by molar-refractivity contribution is 0.571. The molecule has 4 nitrogen and oxygen atoms in total. The van der Waals surface area contributed by atoms with Gasteiger partial charge in [-0.15, -0.1) is 0 Å². The standard InChI is InChI=1S/C15H13FN4/c1-2-20-18-14(11-6-4-3-5-7-11)15(19-20)12-8-9-17-13(16)10-12/h3-10H,2H2,1H3. The lowest BCUT2D eigenvalue weighted by Gasteiger charge is -2.00. The fourth-order valence-corrected chi connectivity index (χ4v) is 2.02. The molecule has 2 heterocycles. The Bertz CT molecular complexity index is 722. The molecule has 0 aliphatic rings. The summed E-state index contributed by atoms with van der Waals surface area (Å²) in [4.78, 5) is 5.18. The molecule has 0 fully saturated rings. The van der Waals surface area contributed by atoms with Crippen molar-refractivity contribution in [3.05, 3.63) is 54.6 Å². The van der Waals surface area contributed by atoms with Crippen molar-refractivity contribution in [1.29, 1.82) is 0 Å². The Balaban J connectivity index is 2.18. The molecule has 3 aromatic rings. The molecule has 3 rings (SSSR count). The maximum absolute atomic E-state index is 13.3. The molecule has 0 bridgehead atoms. The van der Waals surface area contributed by atoms with Crippen molar-refractivity contribution in [3.63, 3.8) is 0 Å². The zero-order valence-corrected chi connectivity index (χ0v) is 11.0. The monoisotopic (exact) mass is 268 g/mol. The Morgan fingerprint density at radius 3 is 2.35 bits per heavy atom. The highest BCUT2D eigenvalue weighted by Gasteiger charge is 2.15. The Morgan fingerprint density at radius 2 is 1.70 bits per heavy atom. The third kappa shape index (κ3) is 2.30. The average molecular weight is 268 g/mol. The van der Waals surface area contributed by atoms with Gasteiger partial charge in [-0.25, -0.2) is 4.98 Å². The van der Waals surface area contributed by atoms with Crippen LogP contribution in [0.4, 0.5) is 4.39 Å². The number of halogens is 1. The van der Waals surface area contributed by atoms with Gasteiger partial charge in [0.15, 0.2) is 0 Å². The maximum atomic E-state index is 13.3. The van der Waals surface area contributed by atoms with Crippen molar-refractivity contribution in [2.45, 2.75) is 13.5 Å². The summed E-state index contributed by atoms with van der Waals surface area (Å²) in [7, 11) is 0. The summed E-state index contributed by atoms with van der Waals surface area (Å²) in [5.41, 5.74) is 3.05. The summed E-state index contributed by atoms with van der Waals surface area (Å²) in [6.07, 6.45) is 1.43. The fourth-order valence-electron chi connectivity index (χ4n) is 2.02. The number of hydrogen-bond acceptors (Lipinski definition) is 3. The number of aromatic nitrogens is 4. The normalized spacial score (nSPS) is 10.7. The number of benzene rings is 1. The van der Waals surface area contributed by atoms with Gasteiger partial charge in [-0.2, -0.15) is 19.4 Å². The molecular weight excluding hydrogens is 255 g/mol. The first-order chi connectivity index (χ1) is 9.78. The van der Waals surface area contributed by atoms with Crippen LogP contribution in [-0.2, 0) is 6.54 Å². The van der Waals surface area contributed by atoms with Crippen LogP contribution in [0.2, 0.25) is 0 Å². The zero-order chi connectivity index (χ0) is 13.9. The third-order valence-corrected chi connectivity index (χ3v) is 2.99. The molecule has 0 spiro atoms. The Hall–Kier alpha value is -2.56. The van der Waals surface area contributed by atoms with Crippen LogP contribution in [0.3, 0.4) is 0 Å². The van der Waals surface area contributed by atoms with E-state index in [-0.39, 0.29) is 0 Å². The van der Waals surface area contributed by atoms with E-state index in [2.05, 4.69) is 15.2 Å². The second kappa shape index (κ2) is 5.21. The highest BCUT2D eigenvalue weighted by atomic mass is 19.1. The van der Waals surface area contributed by atoms with E-state index in [0.29, 0.717) is 17.8 Å². The van der Waals surface area contributed by atoms with Crippen LogP contribution in [0.5, 0.6) is 0 Å². The summed E-state index contributed by atoms with van der Waals surface area (Å²) >= 11 is 0. The SMILES string of the molecule is CCn1nc(-c2ccccc2)c(-c2ccnc(F)c2)n1. The Labute approximate surface area is 115 Å². The first kappa shape index (κ1) is 12.5. The van der Waals surface area contributed by atoms with Crippen LogP contribution < -0.4 is 0 Å². The summed E-state index contributed by atoms with van der Waals surface area (Å²) in [6, 6.07) is 12.9. The quantitative estimate of drug-likeness (QED) is 0.685. The van der Waals surface area contributed by atoms with E-state index < -0.39 is 5.95 Å². The van der Waals surface area contributed by atoms with Crippen molar-refractivity contribution in [3.8, 4) is 22.5 Å². The number of hydrogen-bond donors (Lipinski definition) is 0. The van der Waals surface area contributed by atoms with Crippen LogP contribution in [0.25, 0.3) is 22.5 Å². The van der Waals surface area contributed by atoms with E-state index in [1.54, 1.807) is 10.9 Å². The molecule has 0 saturated carbocycles. The van der Waals surface area contributed by atoms with E-state index in [0.717, 1.165) is 11.3 Å². The summed E-state index contributed by atoms with van der Waals surface area (Å²) in [5, 5.41) is 8.90. The van der Waals surface area contributed by atoms with Crippen molar-refractivity contribution in [2.24, 2.45) is 0 Å². The Morgan fingerprint density at radius 1 is 1.00 bits per heavy atom. The van der Waals surface area contributed by atoms with E-state index >= 15 is 0 Å². The molecule has 100 valence electrons. The topological polar surface area (TPSA) is 43.6 Å². The molecule has 1 aromatic carbocycles. The minimum atomic E-state index is -0.521. The van der Waals surface area contributed by atoms with Gasteiger partial charge in [0.2, 0.25) is 5.95 Å². The fraction of sp³-hybridized carbons (Fsp3) is 0.133. The number of pyridine rings is 1. The average Bonchev–Trinajstić information content (AvgIpc) is 2.92. The second-order valence-corrected chi connectivity index (χ2v) is 4.32. The van der Waals surface area contributed by atoms with Crippen molar-refractivity contribution in [1.82, 2.24) is 20.0 Å². The molecule has 0 amide bonds. The van der Waals surface area contributed by atoms with Crippen LogP contribution >= 0.6 is 0 Å². The maximum Gasteiger partial charge on any atom is 0.213 e. The molecule has 0 atom stereocenters. The van der Waals surface area contributed by atoms with E-state index in [4.69, 9.17) is 0 Å². The number of aryl methyl sites for hydroxylation is 1. The van der Waals surface area contributed by atoms with Crippen molar-refractivity contribution < 1.29 is 4.39 Å². The van der Waals surface area contributed by atoms with Crippen LogP contribution in [0.1, 0.15) is 6.92 Å². The van der Waals surface area contributed by atoms with Crippen molar-refractivity contribution >= 4 is 0 Å². The summed E-state index contributed by atoms with van der Waals surface area (Å²) in [6.45, 7) is 2.62. The van der Waals surface area contributed by atoms with Gasteiger partial charge in [0.25, 0.3) is 0 Å². The van der Waals surface area contributed by atoms with Gasteiger partial charge in [0.05, 0.1) is 6.54 Å². The molecule has 0 N–H and O–H groups in total. The molecule has 0 radical (unpaired) electrons. The van der Waals surface area contributed by atoms with Crippen molar-refractivity contribution in [2.75, 3.05) is 0 Å². The zero-order valence-electron chi connectivity index (χ0n) is 11.0. The highest BCUT2D eigenvalue weighted by Crippen LogP contribution is 2.28. The molecule has 20 heavy (non-hydrogen) atoms. The summed E-state index contributed by atoms with van der Waals surface area (Å²) in [5.74, 6) is -0.521. The van der Waals surface area contributed by atoms with Gasteiger partial charge >= 0.3 is 0 Å². The number of rotatable bonds is 3. The molecule has 5 heteroatoms. The van der Waals surface area contributed by atoms with Gasteiger partial charge in [-0.05, 0) is 13.0 Å². The molecule has 0 aliphatic heterocycles. The van der Waals surface area contributed by atoms with Gasteiger partial charge < -0.3 is 0 Å². The summed E-state index contributed by atoms with van der Waals surface area (Å²) < 4.78 is 13.3. The molecular formula is C15H13FN4. The first-order valence-electron chi connectivity index (χ1n) is 6.40. The van der Waals surface area contributed by atoms with Crippen LogP contribution in [0, 0.1) is 5.95 Å². The second-order valence-electron chi connectivity index (χ2n) is 4.32. The predicted molar refractivity (Wildman–Crippen MR) is 74.3 cm³/mol. The van der Waals surface area contributed by atoms with Gasteiger partial charge in [0, 0.05) is 23.4 Å². The Kier molecular flexibility index (Phi) is 3.25. The first-order valence-corrected chi connectivity index (χ1v) is 6.40. The van der Waals surface area contributed by atoms with Gasteiger partial charge in [-0.1, -0.05) is 30.3 Å². The number of nitrogens with zero attached hydrogens (tertiary/aromatic N) is 4. The predicted octanol–water partition coefficient (Wildman–Crippen LogP) is 3.17. The van der Waals surface area contributed by atoms with Crippen LogP contribution in [0.15, 0.2) is 48.7 Å². The highest BCUT2D eigenvalue weighted by molar-refractivity contribution is 5.77.